The van der Waals surface area contributed by atoms with Gasteiger partial charge in [0.1, 0.15) is 5.75 Å². The van der Waals surface area contributed by atoms with Gasteiger partial charge >= 0.3 is 0 Å². The summed E-state index contributed by atoms with van der Waals surface area (Å²) in [5, 5.41) is 2.89. The Morgan fingerprint density at radius 3 is 2.94 bits per heavy atom. The Kier molecular flexibility index (Phi) is 2.99. The number of nitrogen functional groups attached to an aromatic ring is 1. The van der Waals surface area contributed by atoms with E-state index < -0.39 is 6.10 Å². The number of rotatable bonds is 4. The van der Waals surface area contributed by atoms with Crippen molar-refractivity contribution >= 4 is 11.6 Å². The van der Waals surface area contributed by atoms with Gasteiger partial charge in [0, 0.05) is 17.8 Å². The molecule has 0 saturated heterocycles. The van der Waals surface area contributed by atoms with Crippen molar-refractivity contribution in [2.24, 2.45) is 0 Å². The SMILES string of the molecule is C[C@H](Oc1cccc(N)c1)C(=O)NC1CC1. The second-order valence-electron chi connectivity index (χ2n) is 4.12. The molecule has 16 heavy (non-hydrogen) atoms. The van der Waals surface area contributed by atoms with Crippen LogP contribution in [0, 0.1) is 0 Å². The Bertz CT molecular complexity index is 388. The monoisotopic (exact) mass is 220 g/mol. The van der Waals surface area contributed by atoms with Crippen molar-refractivity contribution in [1.29, 1.82) is 0 Å². The molecule has 1 saturated carbocycles. The van der Waals surface area contributed by atoms with Crippen LogP contribution in [0.4, 0.5) is 5.69 Å². The van der Waals surface area contributed by atoms with Crippen LogP contribution in [0.2, 0.25) is 0 Å². The topological polar surface area (TPSA) is 64.3 Å². The first kappa shape index (κ1) is 10.8. The van der Waals surface area contributed by atoms with Gasteiger partial charge in [-0.1, -0.05) is 6.07 Å². The van der Waals surface area contributed by atoms with Gasteiger partial charge in [0.25, 0.3) is 5.91 Å². The van der Waals surface area contributed by atoms with Gasteiger partial charge in [-0.05, 0) is 31.9 Å². The first-order valence-electron chi connectivity index (χ1n) is 5.48. The van der Waals surface area contributed by atoms with Crippen LogP contribution < -0.4 is 15.8 Å². The molecule has 86 valence electrons. The first-order valence-corrected chi connectivity index (χ1v) is 5.48. The number of benzene rings is 1. The number of ether oxygens (including phenoxy) is 1. The second-order valence-corrected chi connectivity index (χ2v) is 4.12. The molecule has 0 spiro atoms. The molecular weight excluding hydrogens is 204 g/mol. The lowest BCUT2D eigenvalue weighted by Gasteiger charge is -2.14. The van der Waals surface area contributed by atoms with Crippen molar-refractivity contribution in [2.45, 2.75) is 31.9 Å². The number of anilines is 1. The van der Waals surface area contributed by atoms with Crippen LogP contribution in [0.15, 0.2) is 24.3 Å². The molecule has 0 aromatic heterocycles. The highest BCUT2D eigenvalue weighted by Crippen LogP contribution is 2.20. The number of nitrogens with one attached hydrogen (secondary N) is 1. The van der Waals surface area contributed by atoms with Crippen LogP contribution in [0.1, 0.15) is 19.8 Å². The molecule has 0 bridgehead atoms. The van der Waals surface area contributed by atoms with E-state index in [2.05, 4.69) is 5.32 Å². The fraction of sp³-hybridized carbons (Fsp3) is 0.417. The molecule has 1 aromatic rings. The van der Waals surface area contributed by atoms with Crippen LogP contribution in [-0.2, 0) is 4.79 Å². The van der Waals surface area contributed by atoms with Crippen molar-refractivity contribution < 1.29 is 9.53 Å². The molecular formula is C12H16N2O2. The van der Waals surface area contributed by atoms with Crippen LogP contribution in [0.5, 0.6) is 5.75 Å². The number of hydrogen-bond donors (Lipinski definition) is 2. The third kappa shape index (κ3) is 2.89. The summed E-state index contributed by atoms with van der Waals surface area (Å²) in [6.45, 7) is 1.74. The molecule has 4 nitrogen and oxygen atoms in total. The normalized spacial score (nSPS) is 16.6. The Labute approximate surface area is 94.8 Å². The summed E-state index contributed by atoms with van der Waals surface area (Å²) < 4.78 is 5.49. The summed E-state index contributed by atoms with van der Waals surface area (Å²) in [5.41, 5.74) is 6.25. The first-order chi connectivity index (χ1) is 7.65. The zero-order valence-electron chi connectivity index (χ0n) is 9.27. The molecule has 0 unspecified atom stereocenters. The Morgan fingerprint density at radius 1 is 1.56 bits per heavy atom. The van der Waals surface area contributed by atoms with Gasteiger partial charge in [-0.15, -0.1) is 0 Å². The van der Waals surface area contributed by atoms with Gasteiger partial charge in [0.15, 0.2) is 6.10 Å². The van der Waals surface area contributed by atoms with Crippen LogP contribution >= 0.6 is 0 Å². The van der Waals surface area contributed by atoms with Gasteiger partial charge < -0.3 is 15.8 Å². The second kappa shape index (κ2) is 4.43. The molecule has 0 aliphatic heterocycles. The molecule has 1 aromatic carbocycles. The van der Waals surface area contributed by atoms with Crippen molar-refractivity contribution in [2.75, 3.05) is 5.73 Å². The molecule has 1 amide bonds. The van der Waals surface area contributed by atoms with Gasteiger partial charge in [-0.3, -0.25) is 4.79 Å². The maximum Gasteiger partial charge on any atom is 0.260 e. The Hall–Kier alpha value is -1.71. The maximum absolute atomic E-state index is 11.6. The summed E-state index contributed by atoms with van der Waals surface area (Å²) in [6, 6.07) is 7.44. The Morgan fingerprint density at radius 2 is 2.31 bits per heavy atom. The number of nitrogens with two attached hydrogens (primary N) is 1. The van der Waals surface area contributed by atoms with E-state index in [-0.39, 0.29) is 5.91 Å². The van der Waals surface area contributed by atoms with E-state index in [0.717, 1.165) is 12.8 Å². The molecule has 1 aliphatic carbocycles. The average Bonchev–Trinajstić information content (AvgIpc) is 3.01. The van der Waals surface area contributed by atoms with E-state index in [4.69, 9.17) is 10.5 Å². The third-order valence-electron chi connectivity index (χ3n) is 2.46. The highest BCUT2D eigenvalue weighted by atomic mass is 16.5. The van der Waals surface area contributed by atoms with Gasteiger partial charge in [0.2, 0.25) is 0 Å². The van der Waals surface area contributed by atoms with Crippen molar-refractivity contribution in [3.8, 4) is 5.75 Å². The maximum atomic E-state index is 11.6. The molecule has 4 heteroatoms. The van der Waals surface area contributed by atoms with E-state index >= 15 is 0 Å². The molecule has 1 atom stereocenters. The number of carbonyl (C=O) groups is 1. The summed E-state index contributed by atoms with van der Waals surface area (Å²) in [6.07, 6.45) is 1.68. The lowest BCUT2D eigenvalue weighted by atomic mass is 10.3. The van der Waals surface area contributed by atoms with E-state index in [0.29, 0.717) is 17.5 Å². The zero-order valence-corrected chi connectivity index (χ0v) is 9.27. The largest absolute Gasteiger partial charge is 0.481 e. The minimum atomic E-state index is -0.484. The lowest BCUT2D eigenvalue weighted by Crippen LogP contribution is -2.37. The fourth-order valence-electron chi connectivity index (χ4n) is 1.39. The Balaban J connectivity index is 1.90. The highest BCUT2D eigenvalue weighted by Gasteiger charge is 2.26. The number of hydrogen-bond acceptors (Lipinski definition) is 3. The van der Waals surface area contributed by atoms with Gasteiger partial charge in [-0.2, -0.15) is 0 Å². The molecule has 1 aliphatic rings. The molecule has 1 fully saturated rings. The summed E-state index contributed by atoms with van der Waals surface area (Å²) >= 11 is 0. The average molecular weight is 220 g/mol. The third-order valence-corrected chi connectivity index (χ3v) is 2.46. The van der Waals surface area contributed by atoms with Crippen molar-refractivity contribution in [3.05, 3.63) is 24.3 Å². The van der Waals surface area contributed by atoms with Crippen LogP contribution in [0.25, 0.3) is 0 Å². The van der Waals surface area contributed by atoms with Gasteiger partial charge in [0.05, 0.1) is 0 Å². The minimum Gasteiger partial charge on any atom is -0.481 e. The number of amides is 1. The molecule has 0 heterocycles. The predicted octanol–water partition coefficient (Wildman–Crippen LogP) is 1.31. The molecule has 2 rings (SSSR count). The van der Waals surface area contributed by atoms with E-state index in [1.807, 2.05) is 0 Å². The summed E-state index contributed by atoms with van der Waals surface area (Å²) in [5.74, 6) is 0.559. The van der Waals surface area contributed by atoms with Crippen molar-refractivity contribution in [1.82, 2.24) is 5.32 Å². The van der Waals surface area contributed by atoms with E-state index in [1.165, 1.54) is 0 Å². The number of carbonyl (C=O) groups excluding carboxylic acids is 1. The molecule has 0 radical (unpaired) electrons. The smallest absolute Gasteiger partial charge is 0.260 e. The minimum absolute atomic E-state index is 0.0649. The fourth-order valence-corrected chi connectivity index (χ4v) is 1.39. The predicted molar refractivity (Wildman–Crippen MR) is 62.1 cm³/mol. The van der Waals surface area contributed by atoms with E-state index in [1.54, 1.807) is 31.2 Å². The summed E-state index contributed by atoms with van der Waals surface area (Å²) in [4.78, 5) is 11.6. The van der Waals surface area contributed by atoms with Crippen LogP contribution in [0.3, 0.4) is 0 Å². The molecule has 3 N–H and O–H groups in total. The highest BCUT2D eigenvalue weighted by molar-refractivity contribution is 5.81. The lowest BCUT2D eigenvalue weighted by molar-refractivity contribution is -0.127. The van der Waals surface area contributed by atoms with Crippen LogP contribution in [-0.4, -0.2) is 18.1 Å². The van der Waals surface area contributed by atoms with Crippen molar-refractivity contribution in [3.63, 3.8) is 0 Å². The van der Waals surface area contributed by atoms with Gasteiger partial charge in [-0.25, -0.2) is 0 Å². The zero-order chi connectivity index (χ0) is 11.5. The quantitative estimate of drug-likeness (QED) is 0.752. The van der Waals surface area contributed by atoms with E-state index in [9.17, 15) is 4.79 Å². The summed E-state index contributed by atoms with van der Waals surface area (Å²) in [7, 11) is 0. The standard InChI is InChI=1S/C12H16N2O2/c1-8(12(15)14-10-5-6-10)16-11-4-2-3-9(13)7-11/h2-4,7-8,10H,5-6,13H2,1H3,(H,14,15)/t8-/m0/s1.